The summed E-state index contributed by atoms with van der Waals surface area (Å²) < 4.78 is 26.2. The van der Waals surface area contributed by atoms with Crippen LogP contribution in [0, 0.1) is 11.8 Å². The fraction of sp³-hybridized carbons (Fsp3) is 0.867. The molecule has 2 rings (SSSR count). The second-order valence-electron chi connectivity index (χ2n) is 6.33. The molecule has 1 heterocycles. The lowest BCUT2D eigenvalue weighted by atomic mass is 9.85. The molecule has 1 N–H and O–H groups in total. The largest absolute Gasteiger partial charge is 0.481 e. The number of likely N-dealkylation sites (tertiary alicyclic amines) is 1. The Morgan fingerprint density at radius 1 is 1.10 bits per heavy atom. The molecule has 2 aliphatic rings. The molecular weight excluding hydrogens is 280 g/mol. The monoisotopic (exact) mass is 303 g/mol. The average Bonchev–Trinajstić information content (AvgIpc) is 2.45. The van der Waals surface area contributed by atoms with Gasteiger partial charge in [0.15, 0.2) is 0 Å². The summed E-state index contributed by atoms with van der Waals surface area (Å²) in [5.74, 6) is -3.25. The van der Waals surface area contributed by atoms with Crippen molar-refractivity contribution >= 4 is 11.9 Å². The van der Waals surface area contributed by atoms with Crippen molar-refractivity contribution in [2.75, 3.05) is 13.1 Å². The van der Waals surface area contributed by atoms with Gasteiger partial charge in [-0.15, -0.1) is 0 Å². The molecule has 4 nitrogen and oxygen atoms in total. The standard InChI is InChI=1S/C15H23F2NO3/c16-15(17)7-3-12(4-8-15)14(21)18-9-5-11(6-10-18)1-2-13(19)20/h11-12H,1-10H2,(H,19,20). The number of rotatable bonds is 4. The Labute approximate surface area is 123 Å². The lowest BCUT2D eigenvalue weighted by molar-refractivity contribution is -0.142. The maximum Gasteiger partial charge on any atom is 0.303 e. The first-order valence-electron chi connectivity index (χ1n) is 7.76. The van der Waals surface area contributed by atoms with Gasteiger partial charge in [-0.2, -0.15) is 0 Å². The molecule has 0 aromatic heterocycles. The highest BCUT2D eigenvalue weighted by Crippen LogP contribution is 2.37. The Hall–Kier alpha value is -1.20. The van der Waals surface area contributed by atoms with Gasteiger partial charge in [-0.1, -0.05) is 0 Å². The fourth-order valence-electron chi connectivity index (χ4n) is 3.31. The number of carbonyl (C=O) groups excluding carboxylic acids is 1. The van der Waals surface area contributed by atoms with Gasteiger partial charge in [0.05, 0.1) is 0 Å². The Morgan fingerprint density at radius 3 is 2.19 bits per heavy atom. The van der Waals surface area contributed by atoms with Crippen molar-refractivity contribution in [1.29, 1.82) is 0 Å². The summed E-state index contributed by atoms with van der Waals surface area (Å²) in [5, 5.41) is 8.67. The van der Waals surface area contributed by atoms with Gasteiger partial charge in [-0.25, -0.2) is 8.78 Å². The molecule has 120 valence electrons. The molecule has 0 aromatic rings. The van der Waals surface area contributed by atoms with E-state index in [9.17, 15) is 18.4 Å². The van der Waals surface area contributed by atoms with Crippen LogP contribution in [0.25, 0.3) is 0 Å². The van der Waals surface area contributed by atoms with Crippen LogP contribution in [0.3, 0.4) is 0 Å². The molecule has 6 heteroatoms. The summed E-state index contributed by atoms with van der Waals surface area (Å²) in [4.78, 5) is 24.7. The summed E-state index contributed by atoms with van der Waals surface area (Å²) in [5.41, 5.74) is 0. The molecule has 2 fully saturated rings. The summed E-state index contributed by atoms with van der Waals surface area (Å²) in [6.45, 7) is 1.27. The molecule has 0 bridgehead atoms. The van der Waals surface area contributed by atoms with E-state index in [1.165, 1.54) is 0 Å². The van der Waals surface area contributed by atoms with E-state index in [-0.39, 0.29) is 43.9 Å². The number of amides is 1. The zero-order valence-corrected chi connectivity index (χ0v) is 12.2. The van der Waals surface area contributed by atoms with Crippen molar-refractivity contribution in [3.63, 3.8) is 0 Å². The van der Waals surface area contributed by atoms with Crippen molar-refractivity contribution < 1.29 is 23.5 Å². The molecule has 0 radical (unpaired) electrons. The highest BCUT2D eigenvalue weighted by Gasteiger charge is 2.39. The Morgan fingerprint density at radius 2 is 1.67 bits per heavy atom. The lowest BCUT2D eigenvalue weighted by Gasteiger charge is -2.36. The maximum atomic E-state index is 13.1. The summed E-state index contributed by atoms with van der Waals surface area (Å²) >= 11 is 0. The van der Waals surface area contributed by atoms with E-state index < -0.39 is 11.9 Å². The smallest absolute Gasteiger partial charge is 0.303 e. The molecule has 1 aliphatic carbocycles. The van der Waals surface area contributed by atoms with Crippen molar-refractivity contribution in [3.8, 4) is 0 Å². The highest BCUT2D eigenvalue weighted by molar-refractivity contribution is 5.79. The first-order valence-corrected chi connectivity index (χ1v) is 7.76. The van der Waals surface area contributed by atoms with Crippen molar-refractivity contribution in [1.82, 2.24) is 4.90 Å². The number of carboxylic acid groups (broad SMARTS) is 1. The molecule has 0 aromatic carbocycles. The van der Waals surface area contributed by atoms with Crippen LogP contribution in [0.1, 0.15) is 51.4 Å². The second-order valence-corrected chi connectivity index (χ2v) is 6.33. The van der Waals surface area contributed by atoms with Gasteiger partial charge < -0.3 is 10.0 Å². The van der Waals surface area contributed by atoms with Crippen LogP contribution >= 0.6 is 0 Å². The maximum absolute atomic E-state index is 13.1. The number of aliphatic carboxylic acids is 1. The van der Waals surface area contributed by atoms with Crippen LogP contribution in [0.5, 0.6) is 0 Å². The van der Waals surface area contributed by atoms with Gasteiger partial charge in [-0.3, -0.25) is 9.59 Å². The molecule has 1 saturated heterocycles. The van der Waals surface area contributed by atoms with Crippen LogP contribution in [-0.2, 0) is 9.59 Å². The van der Waals surface area contributed by atoms with E-state index in [1.807, 2.05) is 0 Å². The van der Waals surface area contributed by atoms with Crippen molar-refractivity contribution in [3.05, 3.63) is 0 Å². The predicted molar refractivity (Wildman–Crippen MR) is 73.1 cm³/mol. The minimum absolute atomic E-state index is 0.0159. The zero-order valence-electron chi connectivity index (χ0n) is 12.2. The summed E-state index contributed by atoms with van der Waals surface area (Å²) in [7, 11) is 0. The fourth-order valence-corrected chi connectivity index (χ4v) is 3.31. The third-order valence-corrected chi connectivity index (χ3v) is 4.76. The second kappa shape index (κ2) is 6.71. The molecule has 0 spiro atoms. The molecule has 1 aliphatic heterocycles. The molecule has 21 heavy (non-hydrogen) atoms. The number of alkyl halides is 2. The third kappa shape index (κ3) is 4.64. The summed E-state index contributed by atoms with van der Waals surface area (Å²) in [6.07, 6.45) is 2.68. The summed E-state index contributed by atoms with van der Waals surface area (Å²) in [6, 6.07) is 0. The Kier molecular flexibility index (Phi) is 5.17. The van der Waals surface area contributed by atoms with Crippen molar-refractivity contribution in [2.24, 2.45) is 11.8 Å². The number of piperidine rings is 1. The van der Waals surface area contributed by atoms with Gasteiger partial charge in [0, 0.05) is 38.3 Å². The topological polar surface area (TPSA) is 57.6 Å². The lowest BCUT2D eigenvalue weighted by Crippen LogP contribution is -2.43. The van der Waals surface area contributed by atoms with Gasteiger partial charge in [0.1, 0.15) is 0 Å². The van der Waals surface area contributed by atoms with Crippen LogP contribution in [0.4, 0.5) is 8.78 Å². The quantitative estimate of drug-likeness (QED) is 0.868. The molecule has 0 atom stereocenters. The van der Waals surface area contributed by atoms with Crippen LogP contribution in [0.2, 0.25) is 0 Å². The van der Waals surface area contributed by atoms with Gasteiger partial charge in [0.2, 0.25) is 11.8 Å². The van der Waals surface area contributed by atoms with E-state index in [2.05, 4.69) is 0 Å². The number of carboxylic acids is 1. The van der Waals surface area contributed by atoms with Crippen LogP contribution in [-0.4, -0.2) is 40.9 Å². The Balaban J connectivity index is 1.74. The number of carbonyl (C=O) groups is 2. The first-order chi connectivity index (χ1) is 9.87. The SMILES string of the molecule is O=C(O)CCC1CCN(C(=O)C2CCC(F)(F)CC2)CC1. The number of halogens is 2. The average molecular weight is 303 g/mol. The van der Waals surface area contributed by atoms with E-state index in [4.69, 9.17) is 5.11 Å². The predicted octanol–water partition coefficient (Wildman–Crippen LogP) is 2.92. The molecule has 1 amide bonds. The van der Waals surface area contributed by atoms with E-state index in [0.29, 0.717) is 25.4 Å². The van der Waals surface area contributed by atoms with Crippen LogP contribution in [0.15, 0.2) is 0 Å². The molecular formula is C15H23F2NO3. The van der Waals surface area contributed by atoms with Gasteiger partial charge >= 0.3 is 5.97 Å². The minimum atomic E-state index is -2.60. The van der Waals surface area contributed by atoms with E-state index in [0.717, 1.165) is 12.8 Å². The van der Waals surface area contributed by atoms with Crippen LogP contribution < -0.4 is 0 Å². The molecule has 1 saturated carbocycles. The molecule has 0 unspecified atom stereocenters. The number of nitrogens with zero attached hydrogens (tertiary/aromatic N) is 1. The van der Waals surface area contributed by atoms with E-state index >= 15 is 0 Å². The minimum Gasteiger partial charge on any atom is -0.481 e. The Bertz CT molecular complexity index is 382. The van der Waals surface area contributed by atoms with Crippen molar-refractivity contribution in [2.45, 2.75) is 57.3 Å². The number of hydrogen-bond acceptors (Lipinski definition) is 2. The van der Waals surface area contributed by atoms with E-state index in [1.54, 1.807) is 4.90 Å². The number of hydrogen-bond donors (Lipinski definition) is 1. The van der Waals surface area contributed by atoms with Gasteiger partial charge in [0.25, 0.3) is 0 Å². The first kappa shape index (κ1) is 16.2. The normalized spacial score (nSPS) is 24.0. The van der Waals surface area contributed by atoms with Gasteiger partial charge in [-0.05, 0) is 38.0 Å². The highest BCUT2D eigenvalue weighted by atomic mass is 19.3. The third-order valence-electron chi connectivity index (χ3n) is 4.76. The zero-order chi connectivity index (χ0) is 15.5.